The number of benzene rings is 2. The Morgan fingerprint density at radius 2 is 1.97 bits per heavy atom. The summed E-state index contributed by atoms with van der Waals surface area (Å²) in [6.45, 7) is 0.426. The van der Waals surface area contributed by atoms with Gasteiger partial charge in [-0.25, -0.2) is 0 Å². The molecular weight excluding hydrogens is 472 g/mol. The number of aliphatic hydroxyl groups excluding tert-OH is 1. The number of hydrogen-bond acceptors (Lipinski definition) is 6. The van der Waals surface area contributed by atoms with Crippen LogP contribution in [-0.4, -0.2) is 53.6 Å². The second kappa shape index (κ2) is 8.79. The molecule has 0 radical (unpaired) electrons. The van der Waals surface area contributed by atoms with E-state index in [1.165, 1.54) is 25.2 Å². The van der Waals surface area contributed by atoms with Crippen LogP contribution >= 0.6 is 11.6 Å². The van der Waals surface area contributed by atoms with Crippen LogP contribution in [0.25, 0.3) is 21.9 Å². The number of ether oxygens (including phenoxy) is 2. The second-order valence-electron chi connectivity index (χ2n) is 8.33. The summed E-state index contributed by atoms with van der Waals surface area (Å²) >= 11 is 6.17. The van der Waals surface area contributed by atoms with Gasteiger partial charge in [0, 0.05) is 59.8 Å². The molecule has 0 saturated heterocycles. The van der Waals surface area contributed by atoms with E-state index in [1.54, 1.807) is 12.1 Å². The highest BCUT2D eigenvalue weighted by Crippen LogP contribution is 2.43. The van der Waals surface area contributed by atoms with Gasteiger partial charge in [0.1, 0.15) is 0 Å². The minimum absolute atomic E-state index is 0.0336. The quantitative estimate of drug-likeness (QED) is 0.370. The number of aryl methyl sites for hydroxylation is 1. The number of fused-ring (bicyclic) bond motifs is 2. The van der Waals surface area contributed by atoms with Crippen molar-refractivity contribution in [3.8, 4) is 5.75 Å². The van der Waals surface area contributed by atoms with Crippen LogP contribution in [0.4, 0.5) is 0 Å². The van der Waals surface area contributed by atoms with Crippen molar-refractivity contribution in [1.29, 1.82) is 0 Å². The van der Waals surface area contributed by atoms with E-state index in [4.69, 9.17) is 25.5 Å². The third-order valence-electron chi connectivity index (χ3n) is 6.30. The summed E-state index contributed by atoms with van der Waals surface area (Å²) in [5.41, 5.74) is 1.95. The van der Waals surface area contributed by atoms with E-state index < -0.39 is 23.5 Å². The molecule has 0 spiro atoms. The van der Waals surface area contributed by atoms with Crippen molar-refractivity contribution >= 4 is 45.2 Å². The van der Waals surface area contributed by atoms with E-state index in [-0.39, 0.29) is 24.5 Å². The van der Waals surface area contributed by atoms with Crippen molar-refractivity contribution in [3.63, 3.8) is 0 Å². The molecule has 0 saturated carbocycles. The predicted molar refractivity (Wildman–Crippen MR) is 131 cm³/mol. The van der Waals surface area contributed by atoms with E-state index in [2.05, 4.69) is 0 Å². The molecule has 1 amide bonds. The largest absolute Gasteiger partial charge is 0.503 e. The number of rotatable bonds is 7. The molecule has 180 valence electrons. The van der Waals surface area contributed by atoms with Gasteiger partial charge in [-0.05, 0) is 18.2 Å². The molecule has 0 aliphatic carbocycles. The lowest BCUT2D eigenvalue weighted by Gasteiger charge is -2.26. The Balaban J connectivity index is 1.67. The van der Waals surface area contributed by atoms with Crippen molar-refractivity contribution in [3.05, 3.63) is 76.3 Å². The molecule has 1 aliphatic rings. The number of amides is 1. The van der Waals surface area contributed by atoms with Gasteiger partial charge in [0.2, 0.25) is 5.78 Å². The molecule has 4 aromatic rings. The zero-order valence-corrected chi connectivity index (χ0v) is 20.1. The molecule has 0 fully saturated rings. The number of furan rings is 1. The number of Topliss-reactive ketones (excluding diaryl/α,β-unsaturated/α-hetero) is 1. The van der Waals surface area contributed by atoms with Gasteiger partial charge >= 0.3 is 0 Å². The van der Waals surface area contributed by atoms with Gasteiger partial charge in [-0.2, -0.15) is 0 Å². The summed E-state index contributed by atoms with van der Waals surface area (Å²) in [4.78, 5) is 28.4. The summed E-state index contributed by atoms with van der Waals surface area (Å²) < 4.78 is 18.3. The van der Waals surface area contributed by atoms with Crippen LogP contribution in [0.3, 0.4) is 0 Å². The van der Waals surface area contributed by atoms with E-state index in [1.807, 2.05) is 42.1 Å². The monoisotopic (exact) mass is 494 g/mol. The zero-order chi connectivity index (χ0) is 24.9. The van der Waals surface area contributed by atoms with Crippen molar-refractivity contribution in [2.75, 3.05) is 27.4 Å². The number of carbonyl (C=O) groups is 2. The van der Waals surface area contributed by atoms with Crippen LogP contribution in [0.1, 0.15) is 22.2 Å². The molecular formula is C26H23ClN2O6. The highest BCUT2D eigenvalue weighted by Gasteiger charge is 2.45. The smallest absolute Gasteiger partial charge is 0.290 e. The van der Waals surface area contributed by atoms with Gasteiger partial charge < -0.3 is 28.5 Å². The summed E-state index contributed by atoms with van der Waals surface area (Å²) in [6.07, 6.45) is 1.87. The number of halogens is 1. The van der Waals surface area contributed by atoms with E-state index in [9.17, 15) is 14.7 Å². The minimum atomic E-state index is -0.824. The van der Waals surface area contributed by atoms with Gasteiger partial charge in [-0.15, -0.1) is 0 Å². The maximum Gasteiger partial charge on any atom is 0.290 e. The summed E-state index contributed by atoms with van der Waals surface area (Å²) in [6, 6.07) is 11.6. The second-order valence-corrected chi connectivity index (χ2v) is 8.77. The fourth-order valence-corrected chi connectivity index (χ4v) is 4.92. The molecule has 0 bridgehead atoms. The number of carbonyl (C=O) groups excluding carboxylic acids is 2. The Hall–Kier alpha value is -3.75. The highest BCUT2D eigenvalue weighted by atomic mass is 35.5. The number of aromatic nitrogens is 1. The van der Waals surface area contributed by atoms with Crippen LogP contribution in [0, 0.1) is 0 Å². The Morgan fingerprint density at radius 1 is 1.20 bits per heavy atom. The van der Waals surface area contributed by atoms with Crippen LogP contribution in [0.15, 0.2) is 64.4 Å². The molecule has 1 aliphatic heterocycles. The third kappa shape index (κ3) is 3.66. The molecule has 2 aromatic heterocycles. The summed E-state index contributed by atoms with van der Waals surface area (Å²) in [5.74, 6) is -1.49. The molecule has 8 nitrogen and oxygen atoms in total. The van der Waals surface area contributed by atoms with Gasteiger partial charge in [0.15, 0.2) is 22.9 Å². The van der Waals surface area contributed by atoms with Crippen molar-refractivity contribution in [2.24, 2.45) is 7.05 Å². The van der Waals surface area contributed by atoms with Crippen LogP contribution < -0.4 is 4.74 Å². The number of aliphatic hydroxyl groups is 1. The van der Waals surface area contributed by atoms with Crippen molar-refractivity contribution in [1.82, 2.24) is 9.47 Å². The standard InChI is InChI=1S/C26H23ClN2O6/c1-28-13-17(16-6-4-5-7-18(16)28)22-21(24(31)26(32)29(22)8-9-33-2)23(30)19-11-14-10-15(27)12-20(34-3)25(14)35-19/h4-7,10-13,22,31H,8-9H2,1-3H3. The van der Waals surface area contributed by atoms with Gasteiger partial charge in [-0.1, -0.05) is 29.8 Å². The SMILES string of the molecule is COCCN1C(=O)C(O)=C(C(=O)c2cc3cc(Cl)cc(OC)c3o2)C1c1cn(C)c2ccccc12. The van der Waals surface area contributed by atoms with Crippen LogP contribution in [0.2, 0.25) is 5.02 Å². The molecule has 1 atom stereocenters. The number of para-hydroxylation sites is 1. The number of methoxy groups -OCH3 is 2. The predicted octanol–water partition coefficient (Wildman–Crippen LogP) is 4.81. The average molecular weight is 495 g/mol. The average Bonchev–Trinajstić information content (AvgIpc) is 3.50. The molecule has 3 heterocycles. The maximum atomic E-state index is 13.8. The van der Waals surface area contributed by atoms with E-state index in [0.717, 1.165) is 16.5 Å². The topological polar surface area (TPSA) is 94.1 Å². The summed E-state index contributed by atoms with van der Waals surface area (Å²) in [5, 5.41) is 12.8. The Bertz CT molecular complexity index is 1520. The Kier molecular flexibility index (Phi) is 5.78. The lowest BCUT2D eigenvalue weighted by molar-refractivity contribution is -0.130. The maximum absolute atomic E-state index is 13.8. The zero-order valence-electron chi connectivity index (χ0n) is 19.4. The van der Waals surface area contributed by atoms with Crippen molar-refractivity contribution in [2.45, 2.75) is 6.04 Å². The van der Waals surface area contributed by atoms with E-state index in [0.29, 0.717) is 21.7 Å². The van der Waals surface area contributed by atoms with Gasteiger partial charge in [0.25, 0.3) is 5.91 Å². The lowest BCUT2D eigenvalue weighted by atomic mass is 9.94. The number of ketones is 1. The molecule has 2 aromatic carbocycles. The minimum Gasteiger partial charge on any atom is -0.503 e. The Labute approximate surface area is 205 Å². The first-order valence-electron chi connectivity index (χ1n) is 10.9. The first kappa shape index (κ1) is 23.0. The number of hydrogen-bond donors (Lipinski definition) is 1. The van der Waals surface area contributed by atoms with Crippen molar-refractivity contribution < 1.29 is 28.6 Å². The normalized spacial score (nSPS) is 16.2. The molecule has 9 heteroatoms. The van der Waals surface area contributed by atoms with Crippen LogP contribution in [-0.2, 0) is 16.6 Å². The molecule has 35 heavy (non-hydrogen) atoms. The molecule has 1 unspecified atom stereocenters. The number of nitrogens with zero attached hydrogens (tertiary/aromatic N) is 2. The molecule has 1 N–H and O–H groups in total. The van der Waals surface area contributed by atoms with Crippen LogP contribution in [0.5, 0.6) is 5.75 Å². The fourth-order valence-electron chi connectivity index (χ4n) is 4.70. The highest BCUT2D eigenvalue weighted by molar-refractivity contribution is 6.31. The lowest BCUT2D eigenvalue weighted by Crippen LogP contribution is -2.33. The Morgan fingerprint density at radius 3 is 2.71 bits per heavy atom. The first-order chi connectivity index (χ1) is 16.8. The fraction of sp³-hybridized carbons (Fsp3) is 0.231. The van der Waals surface area contributed by atoms with Gasteiger partial charge in [-0.3, -0.25) is 9.59 Å². The van der Waals surface area contributed by atoms with Gasteiger partial charge in [0.05, 0.1) is 25.3 Å². The summed E-state index contributed by atoms with van der Waals surface area (Å²) in [7, 11) is 4.89. The third-order valence-corrected chi connectivity index (χ3v) is 6.52. The van der Waals surface area contributed by atoms with E-state index >= 15 is 0 Å². The first-order valence-corrected chi connectivity index (χ1v) is 11.3. The molecule has 5 rings (SSSR count).